The van der Waals surface area contributed by atoms with Crippen molar-refractivity contribution in [3.05, 3.63) is 88.9 Å². The summed E-state index contributed by atoms with van der Waals surface area (Å²) in [6.07, 6.45) is 0. The maximum absolute atomic E-state index is 12.8. The molecule has 31 heavy (non-hydrogen) atoms. The van der Waals surface area contributed by atoms with E-state index in [1.807, 2.05) is 0 Å². The molecule has 0 atom stereocenters. The Morgan fingerprint density at radius 3 is 2.32 bits per heavy atom. The standard InChI is InChI=1S/C22H19ClN2O5S/c1-2-30-22(27)15-10-12-17(13-11-15)25-31(28,29)18-7-5-6-16(14-18)21(26)24-20-9-4-3-8-19(20)23/h3-14,25H,2H2,1H3,(H,24,26). The van der Waals surface area contributed by atoms with Gasteiger partial charge in [0.05, 0.1) is 27.8 Å². The molecule has 1 amide bonds. The topological polar surface area (TPSA) is 102 Å². The highest BCUT2D eigenvalue weighted by molar-refractivity contribution is 7.92. The molecule has 160 valence electrons. The molecule has 7 nitrogen and oxygen atoms in total. The monoisotopic (exact) mass is 458 g/mol. The van der Waals surface area contributed by atoms with Crippen LogP contribution in [0, 0.1) is 0 Å². The first-order valence-electron chi connectivity index (χ1n) is 9.26. The van der Waals surface area contributed by atoms with Gasteiger partial charge in [0.15, 0.2) is 0 Å². The number of sulfonamides is 1. The van der Waals surface area contributed by atoms with E-state index in [4.69, 9.17) is 16.3 Å². The van der Waals surface area contributed by atoms with Crippen LogP contribution in [0.25, 0.3) is 0 Å². The van der Waals surface area contributed by atoms with E-state index in [0.29, 0.717) is 16.3 Å². The molecule has 3 rings (SSSR count). The molecule has 2 N–H and O–H groups in total. The van der Waals surface area contributed by atoms with Gasteiger partial charge in [-0.25, -0.2) is 13.2 Å². The van der Waals surface area contributed by atoms with Gasteiger partial charge in [-0.1, -0.05) is 29.8 Å². The Labute approximate surface area is 185 Å². The summed E-state index contributed by atoms with van der Waals surface area (Å²) >= 11 is 6.05. The number of carbonyl (C=O) groups excluding carboxylic acids is 2. The maximum Gasteiger partial charge on any atom is 0.338 e. The quantitative estimate of drug-likeness (QED) is 0.505. The predicted molar refractivity (Wildman–Crippen MR) is 119 cm³/mol. The van der Waals surface area contributed by atoms with Crippen LogP contribution < -0.4 is 10.0 Å². The summed E-state index contributed by atoms with van der Waals surface area (Å²) in [5, 5.41) is 3.02. The number of carbonyl (C=O) groups is 2. The fraction of sp³-hybridized carbons (Fsp3) is 0.0909. The Morgan fingerprint density at radius 1 is 0.935 bits per heavy atom. The lowest BCUT2D eigenvalue weighted by Crippen LogP contribution is -2.16. The lowest BCUT2D eigenvalue weighted by Gasteiger charge is -2.11. The van der Waals surface area contributed by atoms with Crippen molar-refractivity contribution in [1.29, 1.82) is 0 Å². The van der Waals surface area contributed by atoms with Gasteiger partial charge in [0.1, 0.15) is 0 Å². The van der Waals surface area contributed by atoms with Gasteiger partial charge in [-0.05, 0) is 61.5 Å². The Kier molecular flexibility index (Phi) is 6.94. The van der Waals surface area contributed by atoms with E-state index in [9.17, 15) is 18.0 Å². The van der Waals surface area contributed by atoms with E-state index in [1.54, 1.807) is 31.2 Å². The van der Waals surface area contributed by atoms with Crippen LogP contribution in [0.1, 0.15) is 27.6 Å². The van der Waals surface area contributed by atoms with Crippen molar-refractivity contribution in [1.82, 2.24) is 0 Å². The van der Waals surface area contributed by atoms with E-state index in [-0.39, 0.29) is 22.8 Å². The van der Waals surface area contributed by atoms with Crippen molar-refractivity contribution in [3.63, 3.8) is 0 Å². The van der Waals surface area contributed by atoms with Crippen LogP contribution in [0.5, 0.6) is 0 Å². The first-order chi connectivity index (χ1) is 14.8. The summed E-state index contributed by atoms with van der Waals surface area (Å²) in [6, 6.07) is 18.2. The number of para-hydroxylation sites is 1. The number of nitrogens with one attached hydrogen (secondary N) is 2. The number of anilines is 2. The van der Waals surface area contributed by atoms with Crippen LogP contribution in [0.3, 0.4) is 0 Å². The maximum atomic E-state index is 12.8. The Morgan fingerprint density at radius 2 is 1.65 bits per heavy atom. The molecule has 0 spiro atoms. The van der Waals surface area contributed by atoms with Gasteiger partial charge in [0.25, 0.3) is 15.9 Å². The number of ether oxygens (including phenoxy) is 1. The Balaban J connectivity index is 1.77. The molecule has 0 bridgehead atoms. The summed E-state index contributed by atoms with van der Waals surface area (Å²) < 4.78 is 32.8. The van der Waals surface area contributed by atoms with Crippen LogP contribution in [0.4, 0.5) is 11.4 Å². The summed E-state index contributed by atoms with van der Waals surface area (Å²) in [5.41, 5.74) is 1.14. The molecule has 0 aliphatic rings. The molecule has 0 radical (unpaired) electrons. The first-order valence-corrected chi connectivity index (χ1v) is 11.1. The minimum absolute atomic E-state index is 0.0891. The second-order valence-electron chi connectivity index (χ2n) is 6.37. The molecule has 3 aromatic rings. The van der Waals surface area contributed by atoms with Crippen LogP contribution in [0.2, 0.25) is 5.02 Å². The zero-order chi connectivity index (χ0) is 22.4. The molecule has 0 aromatic heterocycles. The number of rotatable bonds is 7. The summed E-state index contributed by atoms with van der Waals surface area (Å²) in [7, 11) is -3.97. The van der Waals surface area contributed by atoms with Crippen molar-refractivity contribution >= 4 is 44.9 Å². The summed E-state index contributed by atoms with van der Waals surface area (Å²) in [5.74, 6) is -0.988. The molecular weight excluding hydrogens is 440 g/mol. The minimum atomic E-state index is -3.97. The van der Waals surface area contributed by atoms with E-state index in [1.165, 1.54) is 48.5 Å². The van der Waals surface area contributed by atoms with E-state index in [0.717, 1.165) is 0 Å². The van der Waals surface area contributed by atoms with E-state index >= 15 is 0 Å². The van der Waals surface area contributed by atoms with Gasteiger partial charge < -0.3 is 10.1 Å². The largest absolute Gasteiger partial charge is 0.462 e. The molecular formula is C22H19ClN2O5S. The highest BCUT2D eigenvalue weighted by atomic mass is 35.5. The molecule has 0 aliphatic heterocycles. The van der Waals surface area contributed by atoms with Crippen LogP contribution >= 0.6 is 11.6 Å². The second-order valence-corrected chi connectivity index (χ2v) is 8.45. The lowest BCUT2D eigenvalue weighted by molar-refractivity contribution is 0.0526. The van der Waals surface area contributed by atoms with Gasteiger partial charge in [0.2, 0.25) is 0 Å². The first kappa shape index (κ1) is 22.3. The normalized spacial score (nSPS) is 10.9. The number of amides is 1. The smallest absolute Gasteiger partial charge is 0.338 e. The number of esters is 1. The van der Waals surface area contributed by atoms with Gasteiger partial charge >= 0.3 is 5.97 Å². The van der Waals surface area contributed by atoms with Crippen molar-refractivity contribution in [3.8, 4) is 0 Å². The number of hydrogen-bond acceptors (Lipinski definition) is 5. The van der Waals surface area contributed by atoms with E-state index in [2.05, 4.69) is 10.0 Å². The van der Waals surface area contributed by atoms with Crippen LogP contribution in [-0.4, -0.2) is 26.9 Å². The second kappa shape index (κ2) is 9.63. The molecule has 3 aromatic carbocycles. The molecule has 0 fully saturated rings. The third-order valence-corrected chi connectivity index (χ3v) is 5.89. The van der Waals surface area contributed by atoms with Gasteiger partial charge in [0, 0.05) is 11.3 Å². The Hall–Kier alpha value is -3.36. The number of halogens is 1. The average molecular weight is 459 g/mol. The van der Waals surface area contributed by atoms with Crippen molar-refractivity contribution in [2.45, 2.75) is 11.8 Å². The van der Waals surface area contributed by atoms with Crippen molar-refractivity contribution in [2.75, 3.05) is 16.6 Å². The van der Waals surface area contributed by atoms with Crippen molar-refractivity contribution < 1.29 is 22.7 Å². The molecule has 0 unspecified atom stereocenters. The molecule has 0 saturated heterocycles. The number of hydrogen-bond donors (Lipinski definition) is 2. The van der Waals surface area contributed by atoms with Gasteiger partial charge in [-0.15, -0.1) is 0 Å². The summed E-state index contributed by atoms with van der Waals surface area (Å²) in [4.78, 5) is 24.1. The van der Waals surface area contributed by atoms with Crippen LogP contribution in [-0.2, 0) is 14.8 Å². The third kappa shape index (κ3) is 5.62. The molecule has 0 saturated carbocycles. The summed E-state index contributed by atoms with van der Waals surface area (Å²) in [6.45, 7) is 1.94. The zero-order valence-electron chi connectivity index (χ0n) is 16.5. The van der Waals surface area contributed by atoms with Crippen LogP contribution in [0.15, 0.2) is 77.7 Å². The third-order valence-electron chi connectivity index (χ3n) is 4.18. The fourth-order valence-electron chi connectivity index (χ4n) is 2.66. The average Bonchev–Trinajstić information content (AvgIpc) is 2.76. The molecule has 0 heterocycles. The van der Waals surface area contributed by atoms with E-state index < -0.39 is 21.9 Å². The Bertz CT molecular complexity index is 1210. The fourth-order valence-corrected chi connectivity index (χ4v) is 3.95. The molecule has 0 aliphatic carbocycles. The van der Waals surface area contributed by atoms with Gasteiger partial charge in [-0.2, -0.15) is 0 Å². The zero-order valence-corrected chi connectivity index (χ0v) is 18.0. The lowest BCUT2D eigenvalue weighted by atomic mass is 10.2. The highest BCUT2D eigenvalue weighted by Crippen LogP contribution is 2.22. The molecule has 9 heteroatoms. The number of benzene rings is 3. The highest BCUT2D eigenvalue weighted by Gasteiger charge is 2.17. The van der Waals surface area contributed by atoms with Crippen molar-refractivity contribution in [2.24, 2.45) is 0 Å². The SMILES string of the molecule is CCOC(=O)c1ccc(NS(=O)(=O)c2cccc(C(=O)Nc3ccccc3Cl)c2)cc1. The van der Waals surface area contributed by atoms with Gasteiger partial charge in [-0.3, -0.25) is 9.52 Å². The predicted octanol–water partition coefficient (Wildman–Crippen LogP) is 4.57. The minimum Gasteiger partial charge on any atom is -0.462 e.